The van der Waals surface area contributed by atoms with E-state index in [-0.39, 0.29) is 17.7 Å². The summed E-state index contributed by atoms with van der Waals surface area (Å²) in [5, 5.41) is 21.3. The van der Waals surface area contributed by atoms with Crippen molar-refractivity contribution in [3.63, 3.8) is 0 Å². The molecule has 164 valence electrons. The molecule has 0 aliphatic rings. The Bertz CT molecular complexity index is 1100. The third-order valence-corrected chi connectivity index (χ3v) is 5.18. The number of aromatic nitrogens is 1. The van der Waals surface area contributed by atoms with Crippen molar-refractivity contribution >= 4 is 17.8 Å². The minimum atomic E-state index is -1.23. The Morgan fingerprint density at radius 2 is 1.59 bits per heavy atom. The summed E-state index contributed by atoms with van der Waals surface area (Å²) in [4.78, 5) is 39.0. The second-order valence-electron chi connectivity index (χ2n) is 7.65. The van der Waals surface area contributed by atoms with Crippen molar-refractivity contribution in [2.45, 2.75) is 25.8 Å². The number of aromatic carboxylic acids is 1. The quantitative estimate of drug-likeness (QED) is 0.472. The van der Waals surface area contributed by atoms with Crippen LogP contribution in [0.2, 0.25) is 0 Å². The number of aliphatic carboxylic acids is 1. The van der Waals surface area contributed by atoms with Crippen LogP contribution in [-0.4, -0.2) is 39.1 Å². The molecule has 0 aliphatic heterocycles. The molecule has 32 heavy (non-hydrogen) atoms. The Balaban J connectivity index is 1.77. The van der Waals surface area contributed by atoms with Gasteiger partial charge in [0.1, 0.15) is 5.69 Å². The van der Waals surface area contributed by atoms with Gasteiger partial charge >= 0.3 is 11.9 Å². The summed E-state index contributed by atoms with van der Waals surface area (Å²) in [6.45, 7) is 1.59. The van der Waals surface area contributed by atoms with Crippen molar-refractivity contribution < 1.29 is 24.6 Å². The monoisotopic (exact) mass is 432 g/mol. The van der Waals surface area contributed by atoms with Gasteiger partial charge in [-0.25, -0.2) is 9.78 Å². The first kappa shape index (κ1) is 22.7. The van der Waals surface area contributed by atoms with Gasteiger partial charge in [-0.1, -0.05) is 61.5 Å². The van der Waals surface area contributed by atoms with Crippen LogP contribution in [0.1, 0.15) is 39.8 Å². The van der Waals surface area contributed by atoms with Gasteiger partial charge in [0.2, 0.25) is 0 Å². The molecule has 0 spiro atoms. The molecule has 3 N–H and O–H groups in total. The normalized spacial score (nSPS) is 12.5. The first-order valence-electron chi connectivity index (χ1n) is 10.2. The van der Waals surface area contributed by atoms with Gasteiger partial charge in [-0.2, -0.15) is 0 Å². The van der Waals surface area contributed by atoms with Crippen molar-refractivity contribution in [2.75, 3.05) is 0 Å². The fourth-order valence-corrected chi connectivity index (χ4v) is 3.43. The zero-order valence-corrected chi connectivity index (χ0v) is 17.6. The molecule has 0 aliphatic carbocycles. The van der Waals surface area contributed by atoms with E-state index < -0.39 is 29.8 Å². The number of carboxylic acid groups (broad SMARTS) is 2. The minimum Gasteiger partial charge on any atom is -0.481 e. The number of pyridine rings is 1. The zero-order chi connectivity index (χ0) is 23.1. The highest BCUT2D eigenvalue weighted by atomic mass is 16.4. The highest BCUT2D eigenvalue weighted by Gasteiger charge is 2.22. The molecule has 2 unspecified atom stereocenters. The molecule has 0 saturated carbocycles. The first-order chi connectivity index (χ1) is 15.3. The van der Waals surface area contributed by atoms with Gasteiger partial charge < -0.3 is 15.5 Å². The van der Waals surface area contributed by atoms with Crippen molar-refractivity contribution in [3.8, 4) is 11.1 Å². The smallest absolute Gasteiger partial charge is 0.354 e. The molecule has 2 aromatic carbocycles. The van der Waals surface area contributed by atoms with Crippen LogP contribution in [0.25, 0.3) is 11.1 Å². The van der Waals surface area contributed by atoms with E-state index in [1.807, 2.05) is 54.6 Å². The van der Waals surface area contributed by atoms with Crippen LogP contribution in [0.3, 0.4) is 0 Å². The summed E-state index contributed by atoms with van der Waals surface area (Å²) in [7, 11) is 0. The molecule has 2 atom stereocenters. The molecule has 7 nitrogen and oxygen atoms in total. The number of hydrogen-bond donors (Lipinski definition) is 3. The average molecular weight is 432 g/mol. The number of benzene rings is 2. The maximum atomic E-state index is 12.7. The average Bonchev–Trinajstić information content (AvgIpc) is 2.80. The van der Waals surface area contributed by atoms with Crippen molar-refractivity contribution in [1.29, 1.82) is 0 Å². The standard InChI is InChI=1S/C25H24N2O5/c1-16(24(29)30)13-21(27-23(28)20-11-12-26-22(15-20)25(31)32)14-17-7-9-19(10-8-17)18-5-3-2-4-6-18/h2-12,15-16,21H,13-14H2,1H3,(H,27,28)(H,29,30)(H,31,32). The van der Waals surface area contributed by atoms with Gasteiger partial charge in [-0.15, -0.1) is 0 Å². The van der Waals surface area contributed by atoms with Crippen LogP contribution in [0.5, 0.6) is 0 Å². The van der Waals surface area contributed by atoms with E-state index in [9.17, 15) is 19.5 Å². The van der Waals surface area contributed by atoms with Crippen LogP contribution in [0.4, 0.5) is 0 Å². The molecule has 3 aromatic rings. The van der Waals surface area contributed by atoms with Crippen LogP contribution in [-0.2, 0) is 11.2 Å². The third-order valence-electron chi connectivity index (χ3n) is 5.18. The molecule has 0 saturated heterocycles. The molecule has 1 aromatic heterocycles. The first-order valence-corrected chi connectivity index (χ1v) is 10.2. The third kappa shape index (κ3) is 6.01. The topological polar surface area (TPSA) is 117 Å². The Kier molecular flexibility index (Phi) is 7.33. The number of nitrogens with zero attached hydrogens (tertiary/aromatic N) is 1. The second kappa shape index (κ2) is 10.3. The van der Waals surface area contributed by atoms with Crippen LogP contribution in [0.15, 0.2) is 72.9 Å². The predicted molar refractivity (Wildman–Crippen MR) is 119 cm³/mol. The van der Waals surface area contributed by atoms with E-state index in [0.29, 0.717) is 6.42 Å². The molecule has 3 rings (SSSR count). The second-order valence-corrected chi connectivity index (χ2v) is 7.65. The number of nitrogens with one attached hydrogen (secondary N) is 1. The fourth-order valence-electron chi connectivity index (χ4n) is 3.43. The number of carboxylic acids is 2. The van der Waals surface area contributed by atoms with Crippen LogP contribution < -0.4 is 5.32 Å². The number of hydrogen-bond acceptors (Lipinski definition) is 4. The predicted octanol–water partition coefficient (Wildman–Crippen LogP) is 3.90. The summed E-state index contributed by atoms with van der Waals surface area (Å²) >= 11 is 0. The van der Waals surface area contributed by atoms with Crippen molar-refractivity contribution in [2.24, 2.45) is 5.92 Å². The van der Waals surface area contributed by atoms with E-state index in [4.69, 9.17) is 5.11 Å². The largest absolute Gasteiger partial charge is 0.481 e. The highest BCUT2D eigenvalue weighted by molar-refractivity contribution is 5.96. The van der Waals surface area contributed by atoms with Gasteiger partial charge in [0.05, 0.1) is 5.92 Å². The lowest BCUT2D eigenvalue weighted by atomic mass is 9.94. The lowest BCUT2D eigenvalue weighted by Crippen LogP contribution is -2.38. The number of carbonyl (C=O) groups excluding carboxylic acids is 1. The van der Waals surface area contributed by atoms with Gasteiger partial charge in [-0.3, -0.25) is 9.59 Å². The lowest BCUT2D eigenvalue weighted by Gasteiger charge is -2.21. The Hall–Kier alpha value is -4.00. The molecular formula is C25H24N2O5. The van der Waals surface area contributed by atoms with Gasteiger partial charge in [0.25, 0.3) is 5.91 Å². The summed E-state index contributed by atoms with van der Waals surface area (Å²) in [6, 6.07) is 20.0. The summed E-state index contributed by atoms with van der Waals surface area (Å²) < 4.78 is 0. The van der Waals surface area contributed by atoms with E-state index in [1.54, 1.807) is 6.92 Å². The molecule has 1 heterocycles. The van der Waals surface area contributed by atoms with Crippen LogP contribution in [0, 0.1) is 5.92 Å². The maximum absolute atomic E-state index is 12.7. The van der Waals surface area contributed by atoms with Gasteiger partial charge in [-0.05, 0) is 41.7 Å². The fraction of sp³-hybridized carbons (Fsp3) is 0.200. The lowest BCUT2D eigenvalue weighted by molar-refractivity contribution is -0.141. The Morgan fingerprint density at radius 3 is 2.22 bits per heavy atom. The minimum absolute atomic E-state index is 0.157. The Morgan fingerprint density at radius 1 is 0.938 bits per heavy atom. The Labute approximate surface area is 185 Å². The molecule has 0 bridgehead atoms. The van der Waals surface area contributed by atoms with E-state index in [2.05, 4.69) is 10.3 Å². The molecule has 0 radical (unpaired) electrons. The van der Waals surface area contributed by atoms with Gasteiger partial charge in [0.15, 0.2) is 0 Å². The molecule has 1 amide bonds. The van der Waals surface area contributed by atoms with E-state index >= 15 is 0 Å². The zero-order valence-electron chi connectivity index (χ0n) is 17.6. The van der Waals surface area contributed by atoms with E-state index in [0.717, 1.165) is 16.7 Å². The van der Waals surface area contributed by atoms with E-state index in [1.165, 1.54) is 18.3 Å². The summed E-state index contributed by atoms with van der Waals surface area (Å²) in [5.74, 6) is -3.30. The van der Waals surface area contributed by atoms with Crippen molar-refractivity contribution in [1.82, 2.24) is 10.3 Å². The molecular weight excluding hydrogens is 408 g/mol. The van der Waals surface area contributed by atoms with Gasteiger partial charge in [0, 0.05) is 17.8 Å². The SMILES string of the molecule is CC(CC(Cc1ccc(-c2ccccc2)cc1)NC(=O)c1ccnc(C(=O)O)c1)C(=O)O. The summed E-state index contributed by atoms with van der Waals surface area (Å²) in [5.41, 5.74) is 3.03. The summed E-state index contributed by atoms with van der Waals surface area (Å²) in [6.07, 6.45) is 1.93. The highest BCUT2D eigenvalue weighted by Crippen LogP contribution is 2.21. The number of rotatable bonds is 9. The molecule has 0 fully saturated rings. The number of amides is 1. The maximum Gasteiger partial charge on any atom is 0.354 e. The number of carbonyl (C=O) groups is 3. The van der Waals surface area contributed by atoms with Crippen LogP contribution >= 0.6 is 0 Å². The molecule has 7 heteroatoms. The van der Waals surface area contributed by atoms with Crippen molar-refractivity contribution in [3.05, 3.63) is 89.7 Å².